The molecule has 0 aromatic heterocycles. The first-order valence-electron chi connectivity index (χ1n) is 10.5. The predicted octanol–water partition coefficient (Wildman–Crippen LogP) is 5.87. The average Bonchev–Trinajstić information content (AvgIpc) is 2.61. The minimum absolute atomic E-state index is 0.125. The van der Waals surface area contributed by atoms with E-state index in [4.69, 9.17) is 14.9 Å². The molecule has 0 heterocycles. The van der Waals surface area contributed by atoms with Gasteiger partial charge in [0.25, 0.3) is 0 Å². The fourth-order valence-corrected chi connectivity index (χ4v) is 2.79. The Morgan fingerprint density at radius 1 is 0.500 bits per heavy atom. The van der Waals surface area contributed by atoms with Crippen molar-refractivity contribution in [2.24, 2.45) is 0 Å². The summed E-state index contributed by atoms with van der Waals surface area (Å²) in [6.45, 7) is 2.98. The molecule has 0 bridgehead atoms. The van der Waals surface area contributed by atoms with E-state index in [0.717, 1.165) is 6.61 Å². The van der Waals surface area contributed by atoms with Gasteiger partial charge >= 0.3 is 0 Å². The molecule has 0 aromatic rings. The number of ether oxygens (including phenoxy) is 1. The van der Waals surface area contributed by atoms with Crippen molar-refractivity contribution in [2.75, 3.05) is 26.9 Å². The normalized spacial score (nSPS) is 10.5. The van der Waals surface area contributed by atoms with Crippen LogP contribution in [0.3, 0.4) is 0 Å². The Kier molecular flexibility index (Phi) is 30.2. The van der Waals surface area contributed by atoms with E-state index in [1.54, 1.807) is 7.11 Å². The van der Waals surface area contributed by atoms with Crippen LogP contribution in [0, 0.1) is 0 Å². The maximum atomic E-state index is 7.62. The summed E-state index contributed by atoms with van der Waals surface area (Å²) < 4.78 is 5.06. The molecule has 0 aliphatic carbocycles. The topological polar surface area (TPSA) is 49.7 Å². The number of aliphatic hydroxyl groups is 2. The van der Waals surface area contributed by atoms with Crippen LogP contribution < -0.4 is 0 Å². The molecule has 0 spiro atoms. The summed E-state index contributed by atoms with van der Waals surface area (Å²) in [7, 11) is 1.80. The van der Waals surface area contributed by atoms with Crippen LogP contribution in [-0.4, -0.2) is 37.1 Å². The second-order valence-corrected chi connectivity index (χ2v) is 6.74. The zero-order chi connectivity index (χ0) is 18.1. The molecule has 148 valence electrons. The summed E-state index contributed by atoms with van der Waals surface area (Å²) >= 11 is 0. The SMILES string of the molecule is CCCCCCCCCCCCCCCCCCOC.OCCO. The van der Waals surface area contributed by atoms with Gasteiger partial charge in [-0.25, -0.2) is 0 Å². The second-order valence-electron chi connectivity index (χ2n) is 6.74. The van der Waals surface area contributed by atoms with E-state index in [0.29, 0.717) is 0 Å². The Morgan fingerprint density at radius 3 is 1.04 bits per heavy atom. The van der Waals surface area contributed by atoms with Crippen LogP contribution in [0.1, 0.15) is 110 Å². The van der Waals surface area contributed by atoms with Gasteiger partial charge in [0, 0.05) is 13.7 Å². The monoisotopic (exact) mass is 346 g/mol. The highest BCUT2D eigenvalue weighted by molar-refractivity contribution is 4.49. The Labute approximate surface area is 152 Å². The molecule has 0 aliphatic heterocycles. The largest absolute Gasteiger partial charge is 0.394 e. The highest BCUT2D eigenvalue weighted by atomic mass is 16.5. The highest BCUT2D eigenvalue weighted by Gasteiger charge is 1.94. The van der Waals surface area contributed by atoms with Gasteiger partial charge in [-0.1, -0.05) is 103 Å². The van der Waals surface area contributed by atoms with Crippen molar-refractivity contribution in [1.29, 1.82) is 0 Å². The van der Waals surface area contributed by atoms with Gasteiger partial charge in [-0.3, -0.25) is 0 Å². The fraction of sp³-hybridized carbons (Fsp3) is 1.00. The van der Waals surface area contributed by atoms with Crippen LogP contribution in [0.25, 0.3) is 0 Å². The zero-order valence-electron chi connectivity index (χ0n) is 16.7. The molecular formula is C21H46O3. The molecule has 3 heteroatoms. The number of methoxy groups -OCH3 is 1. The minimum Gasteiger partial charge on any atom is -0.394 e. The zero-order valence-corrected chi connectivity index (χ0v) is 16.7. The van der Waals surface area contributed by atoms with E-state index in [1.165, 1.54) is 103 Å². The van der Waals surface area contributed by atoms with Crippen molar-refractivity contribution in [1.82, 2.24) is 0 Å². The molecule has 0 unspecified atom stereocenters. The van der Waals surface area contributed by atoms with E-state index in [2.05, 4.69) is 6.92 Å². The van der Waals surface area contributed by atoms with Crippen molar-refractivity contribution in [2.45, 2.75) is 110 Å². The lowest BCUT2D eigenvalue weighted by Crippen LogP contribution is -1.88. The highest BCUT2D eigenvalue weighted by Crippen LogP contribution is 2.13. The van der Waals surface area contributed by atoms with Crippen molar-refractivity contribution in [3.05, 3.63) is 0 Å². The summed E-state index contributed by atoms with van der Waals surface area (Å²) in [5, 5.41) is 15.2. The summed E-state index contributed by atoms with van der Waals surface area (Å²) in [5.41, 5.74) is 0. The molecule has 0 rings (SSSR count). The lowest BCUT2D eigenvalue weighted by molar-refractivity contribution is 0.186. The molecular weight excluding hydrogens is 300 g/mol. The average molecular weight is 347 g/mol. The van der Waals surface area contributed by atoms with Crippen molar-refractivity contribution >= 4 is 0 Å². The summed E-state index contributed by atoms with van der Waals surface area (Å²) in [5.74, 6) is 0. The van der Waals surface area contributed by atoms with E-state index < -0.39 is 0 Å². The quantitative estimate of drug-likeness (QED) is 0.305. The van der Waals surface area contributed by atoms with Gasteiger partial charge in [0.2, 0.25) is 0 Å². The van der Waals surface area contributed by atoms with Crippen molar-refractivity contribution in [3.8, 4) is 0 Å². The number of aliphatic hydroxyl groups excluding tert-OH is 2. The van der Waals surface area contributed by atoms with E-state index in [-0.39, 0.29) is 13.2 Å². The maximum Gasteiger partial charge on any atom is 0.0662 e. The maximum absolute atomic E-state index is 7.62. The second kappa shape index (κ2) is 27.7. The van der Waals surface area contributed by atoms with Crippen molar-refractivity contribution < 1.29 is 14.9 Å². The molecule has 0 aromatic carbocycles. The first kappa shape index (κ1) is 26.1. The molecule has 0 atom stereocenters. The molecule has 24 heavy (non-hydrogen) atoms. The smallest absolute Gasteiger partial charge is 0.0662 e. The third-order valence-electron chi connectivity index (χ3n) is 4.30. The van der Waals surface area contributed by atoms with Gasteiger partial charge in [-0.15, -0.1) is 0 Å². The number of rotatable bonds is 18. The van der Waals surface area contributed by atoms with Crippen LogP contribution in [-0.2, 0) is 4.74 Å². The summed E-state index contributed by atoms with van der Waals surface area (Å²) in [4.78, 5) is 0. The summed E-state index contributed by atoms with van der Waals surface area (Å²) in [6.07, 6.45) is 22.9. The van der Waals surface area contributed by atoms with Gasteiger partial charge < -0.3 is 14.9 Å². The Morgan fingerprint density at radius 2 is 0.792 bits per heavy atom. The van der Waals surface area contributed by atoms with Crippen LogP contribution in [0.5, 0.6) is 0 Å². The molecule has 0 radical (unpaired) electrons. The fourth-order valence-electron chi connectivity index (χ4n) is 2.79. The minimum atomic E-state index is -0.125. The molecule has 0 saturated carbocycles. The molecule has 0 saturated heterocycles. The first-order chi connectivity index (χ1) is 11.8. The molecule has 0 aliphatic rings. The molecule has 0 amide bonds. The van der Waals surface area contributed by atoms with Crippen LogP contribution in [0.4, 0.5) is 0 Å². The lowest BCUT2D eigenvalue weighted by Gasteiger charge is -2.03. The standard InChI is InChI=1S/C19H40O.C2H6O2/c1-3-4-5-6-7-8-9-10-11-12-13-14-15-16-17-18-19-20-2;3-1-2-4/h3-19H2,1-2H3;3-4H,1-2H2. The Bertz CT molecular complexity index is 166. The lowest BCUT2D eigenvalue weighted by atomic mass is 10.0. The number of hydrogen-bond donors (Lipinski definition) is 2. The van der Waals surface area contributed by atoms with E-state index in [9.17, 15) is 0 Å². The van der Waals surface area contributed by atoms with Crippen molar-refractivity contribution in [3.63, 3.8) is 0 Å². The molecule has 2 N–H and O–H groups in total. The third-order valence-corrected chi connectivity index (χ3v) is 4.30. The first-order valence-corrected chi connectivity index (χ1v) is 10.5. The Balaban J connectivity index is 0. The summed E-state index contributed by atoms with van der Waals surface area (Å²) in [6, 6.07) is 0. The number of unbranched alkanes of at least 4 members (excludes halogenated alkanes) is 15. The van der Waals surface area contributed by atoms with E-state index >= 15 is 0 Å². The van der Waals surface area contributed by atoms with Gasteiger partial charge in [-0.2, -0.15) is 0 Å². The van der Waals surface area contributed by atoms with E-state index in [1.807, 2.05) is 0 Å². The third kappa shape index (κ3) is 29.8. The Hall–Kier alpha value is -0.120. The predicted molar refractivity (Wildman–Crippen MR) is 106 cm³/mol. The van der Waals surface area contributed by atoms with Gasteiger partial charge in [0.15, 0.2) is 0 Å². The van der Waals surface area contributed by atoms with Crippen LogP contribution >= 0.6 is 0 Å². The molecule has 0 fully saturated rings. The van der Waals surface area contributed by atoms with Gasteiger partial charge in [0.05, 0.1) is 13.2 Å². The van der Waals surface area contributed by atoms with Crippen LogP contribution in [0.15, 0.2) is 0 Å². The van der Waals surface area contributed by atoms with Crippen LogP contribution in [0.2, 0.25) is 0 Å². The van der Waals surface area contributed by atoms with Gasteiger partial charge in [-0.05, 0) is 6.42 Å². The number of hydrogen-bond acceptors (Lipinski definition) is 3. The van der Waals surface area contributed by atoms with Gasteiger partial charge in [0.1, 0.15) is 0 Å². The molecule has 3 nitrogen and oxygen atoms in total.